The van der Waals surface area contributed by atoms with Gasteiger partial charge in [-0.15, -0.1) is 0 Å². The average molecular weight is 272 g/mol. The summed E-state index contributed by atoms with van der Waals surface area (Å²) in [6.07, 6.45) is 2.66. The number of carbonyl (C=O) groups is 3. The van der Waals surface area contributed by atoms with Gasteiger partial charge in [0.05, 0.1) is 11.8 Å². The lowest BCUT2D eigenvalue weighted by atomic mass is 9.78. The highest BCUT2D eigenvalue weighted by Gasteiger charge is 2.37. The molecule has 0 aromatic rings. The zero-order chi connectivity index (χ0) is 14.4. The third kappa shape index (κ3) is 3.92. The van der Waals surface area contributed by atoms with Gasteiger partial charge in [-0.25, -0.2) is 5.48 Å². The van der Waals surface area contributed by atoms with E-state index in [-0.39, 0.29) is 12.5 Å². The van der Waals surface area contributed by atoms with Gasteiger partial charge in [0.2, 0.25) is 5.91 Å². The molecule has 0 heterocycles. The number of amides is 2. The zero-order valence-electron chi connectivity index (χ0n) is 11.0. The predicted octanol–water partition coefficient (Wildman–Crippen LogP) is 0.231. The minimum atomic E-state index is -0.958. The maximum absolute atomic E-state index is 12.3. The maximum atomic E-state index is 12.3. The van der Waals surface area contributed by atoms with Gasteiger partial charge in [0.25, 0.3) is 5.91 Å². The molecule has 1 aliphatic carbocycles. The molecule has 0 aromatic carbocycles. The fourth-order valence-corrected chi connectivity index (χ4v) is 2.51. The number of nitrogens with zero attached hydrogens (tertiary/aromatic N) is 1. The van der Waals surface area contributed by atoms with Gasteiger partial charge < -0.3 is 10.0 Å². The lowest BCUT2D eigenvalue weighted by molar-refractivity contribution is -0.153. The van der Waals surface area contributed by atoms with E-state index in [1.807, 2.05) is 0 Å². The zero-order valence-corrected chi connectivity index (χ0v) is 11.0. The minimum Gasteiger partial charge on any atom is -0.481 e. The van der Waals surface area contributed by atoms with Gasteiger partial charge in [0, 0.05) is 6.54 Å². The van der Waals surface area contributed by atoms with Crippen molar-refractivity contribution in [3.8, 4) is 0 Å². The Morgan fingerprint density at radius 3 is 2.26 bits per heavy atom. The Kier molecular flexibility index (Phi) is 5.75. The lowest BCUT2D eigenvalue weighted by Crippen LogP contribution is -2.46. The van der Waals surface area contributed by atoms with Crippen molar-refractivity contribution in [2.45, 2.75) is 32.6 Å². The highest BCUT2D eigenvalue weighted by molar-refractivity contribution is 5.88. The number of rotatable bonds is 5. The van der Waals surface area contributed by atoms with Gasteiger partial charge in [0.15, 0.2) is 0 Å². The van der Waals surface area contributed by atoms with Gasteiger partial charge >= 0.3 is 5.97 Å². The van der Waals surface area contributed by atoms with Crippen molar-refractivity contribution >= 4 is 17.8 Å². The third-order valence-electron chi connectivity index (χ3n) is 3.55. The molecule has 19 heavy (non-hydrogen) atoms. The molecule has 3 N–H and O–H groups in total. The van der Waals surface area contributed by atoms with Crippen molar-refractivity contribution in [1.29, 1.82) is 0 Å². The average Bonchev–Trinajstić information content (AvgIpc) is 2.43. The summed E-state index contributed by atoms with van der Waals surface area (Å²) in [5, 5.41) is 17.6. The van der Waals surface area contributed by atoms with Gasteiger partial charge in [-0.3, -0.25) is 19.6 Å². The van der Waals surface area contributed by atoms with E-state index in [1.165, 1.54) is 10.4 Å². The van der Waals surface area contributed by atoms with Crippen LogP contribution in [0, 0.1) is 11.8 Å². The first-order valence-corrected chi connectivity index (χ1v) is 6.45. The third-order valence-corrected chi connectivity index (χ3v) is 3.55. The molecule has 1 aliphatic rings. The minimum absolute atomic E-state index is 0.255. The van der Waals surface area contributed by atoms with Crippen LogP contribution in [0.2, 0.25) is 0 Å². The summed E-state index contributed by atoms with van der Waals surface area (Å²) in [5.41, 5.74) is 1.47. The number of hydrogen-bond donors (Lipinski definition) is 3. The van der Waals surface area contributed by atoms with Crippen LogP contribution in [0.15, 0.2) is 0 Å². The van der Waals surface area contributed by atoms with Crippen molar-refractivity contribution < 1.29 is 24.7 Å². The number of aliphatic carboxylic acids is 1. The number of nitrogens with one attached hydrogen (secondary N) is 1. The maximum Gasteiger partial charge on any atom is 0.307 e. The number of carboxylic acids is 1. The van der Waals surface area contributed by atoms with Crippen LogP contribution >= 0.6 is 0 Å². The quantitative estimate of drug-likeness (QED) is 0.490. The molecule has 1 saturated carbocycles. The summed E-state index contributed by atoms with van der Waals surface area (Å²) >= 11 is 0. The Hall–Kier alpha value is -1.63. The SMILES string of the molecule is CCN(CC(=O)NO)C(=O)[C@H]1CCCC[C@H]1C(=O)O. The number of carboxylic acid groups (broad SMARTS) is 1. The fraction of sp³-hybridized carbons (Fsp3) is 0.750. The molecular weight excluding hydrogens is 252 g/mol. The number of hydroxylamine groups is 1. The summed E-state index contributed by atoms with van der Waals surface area (Å²) in [5.74, 6) is -3.21. The largest absolute Gasteiger partial charge is 0.481 e. The topological polar surface area (TPSA) is 107 Å². The van der Waals surface area contributed by atoms with Gasteiger partial charge in [-0.1, -0.05) is 12.8 Å². The Morgan fingerprint density at radius 1 is 1.21 bits per heavy atom. The van der Waals surface area contributed by atoms with Crippen molar-refractivity contribution in [2.75, 3.05) is 13.1 Å². The molecular formula is C12H20N2O5. The van der Waals surface area contributed by atoms with Crippen LogP contribution in [0.4, 0.5) is 0 Å². The van der Waals surface area contributed by atoms with E-state index in [0.717, 1.165) is 12.8 Å². The lowest BCUT2D eigenvalue weighted by Gasteiger charge is -2.31. The van der Waals surface area contributed by atoms with E-state index in [1.54, 1.807) is 6.92 Å². The molecule has 0 radical (unpaired) electrons. The van der Waals surface area contributed by atoms with E-state index >= 15 is 0 Å². The Bertz CT molecular complexity index is 358. The number of carbonyl (C=O) groups excluding carboxylic acids is 2. The molecule has 2 atom stereocenters. The van der Waals surface area contributed by atoms with Crippen LogP contribution in [0.1, 0.15) is 32.6 Å². The van der Waals surface area contributed by atoms with E-state index in [4.69, 9.17) is 10.3 Å². The van der Waals surface area contributed by atoms with Crippen LogP contribution in [0.25, 0.3) is 0 Å². The first-order chi connectivity index (χ1) is 9.01. The molecule has 0 saturated heterocycles. The first-order valence-electron chi connectivity index (χ1n) is 6.45. The monoisotopic (exact) mass is 272 g/mol. The van der Waals surface area contributed by atoms with Gasteiger partial charge in [-0.2, -0.15) is 0 Å². The molecule has 0 aliphatic heterocycles. The Labute approximate surface area is 111 Å². The molecule has 7 nitrogen and oxygen atoms in total. The molecule has 0 spiro atoms. The van der Waals surface area contributed by atoms with E-state index < -0.39 is 23.7 Å². The van der Waals surface area contributed by atoms with Crippen molar-refractivity contribution in [3.05, 3.63) is 0 Å². The Morgan fingerprint density at radius 2 is 1.79 bits per heavy atom. The molecule has 108 valence electrons. The second-order valence-corrected chi connectivity index (χ2v) is 4.72. The normalized spacial score (nSPS) is 22.6. The summed E-state index contributed by atoms with van der Waals surface area (Å²) in [6, 6.07) is 0. The standard InChI is InChI=1S/C12H20N2O5/c1-2-14(7-10(15)13-19)11(16)8-5-3-4-6-9(8)12(17)18/h8-9,19H,2-7H2,1H3,(H,13,15)(H,17,18)/t8-,9+/m0/s1. The summed E-state index contributed by atoms with van der Waals surface area (Å²) in [4.78, 5) is 35.9. The molecule has 0 aromatic heterocycles. The summed E-state index contributed by atoms with van der Waals surface area (Å²) in [6.45, 7) is 1.75. The molecule has 1 rings (SSSR count). The van der Waals surface area contributed by atoms with Crippen LogP contribution in [-0.2, 0) is 14.4 Å². The molecule has 0 bridgehead atoms. The Balaban J connectivity index is 2.76. The molecule has 7 heteroatoms. The molecule has 0 unspecified atom stereocenters. The second kappa shape index (κ2) is 7.08. The summed E-state index contributed by atoms with van der Waals surface area (Å²) in [7, 11) is 0. The molecule has 1 fully saturated rings. The van der Waals surface area contributed by atoms with Crippen molar-refractivity contribution in [3.63, 3.8) is 0 Å². The van der Waals surface area contributed by atoms with E-state index in [9.17, 15) is 14.4 Å². The van der Waals surface area contributed by atoms with E-state index in [2.05, 4.69) is 0 Å². The van der Waals surface area contributed by atoms with Crippen molar-refractivity contribution in [2.24, 2.45) is 11.8 Å². The second-order valence-electron chi connectivity index (χ2n) is 4.72. The first kappa shape index (κ1) is 15.4. The predicted molar refractivity (Wildman–Crippen MR) is 65.3 cm³/mol. The fourth-order valence-electron chi connectivity index (χ4n) is 2.51. The van der Waals surface area contributed by atoms with Crippen LogP contribution in [0.5, 0.6) is 0 Å². The van der Waals surface area contributed by atoms with Crippen LogP contribution < -0.4 is 5.48 Å². The van der Waals surface area contributed by atoms with Gasteiger partial charge in [-0.05, 0) is 19.8 Å². The van der Waals surface area contributed by atoms with Crippen LogP contribution in [0.3, 0.4) is 0 Å². The smallest absolute Gasteiger partial charge is 0.307 e. The highest BCUT2D eigenvalue weighted by atomic mass is 16.5. The summed E-state index contributed by atoms with van der Waals surface area (Å²) < 4.78 is 0. The number of likely N-dealkylation sites (N-methyl/N-ethyl adjacent to an activating group) is 1. The van der Waals surface area contributed by atoms with Crippen molar-refractivity contribution in [1.82, 2.24) is 10.4 Å². The number of hydrogen-bond acceptors (Lipinski definition) is 4. The molecule has 2 amide bonds. The highest BCUT2D eigenvalue weighted by Crippen LogP contribution is 2.31. The van der Waals surface area contributed by atoms with Gasteiger partial charge in [0.1, 0.15) is 6.54 Å². The van der Waals surface area contributed by atoms with Crippen LogP contribution in [-0.4, -0.2) is 46.1 Å². The van der Waals surface area contributed by atoms with E-state index in [0.29, 0.717) is 19.4 Å².